The number of ether oxygens (including phenoxy) is 2. The van der Waals surface area contributed by atoms with Gasteiger partial charge in [0, 0.05) is 66.9 Å². The van der Waals surface area contributed by atoms with Crippen LogP contribution >= 0.6 is 0 Å². The van der Waals surface area contributed by atoms with Gasteiger partial charge in [-0.3, -0.25) is 34.2 Å². The van der Waals surface area contributed by atoms with E-state index >= 15 is 0 Å². The summed E-state index contributed by atoms with van der Waals surface area (Å²) in [5, 5.41) is 10.5. The molecule has 1 unspecified atom stereocenters. The minimum Gasteiger partial charge on any atom is -0.382 e. The fourth-order valence-electron chi connectivity index (χ4n) is 8.12. The van der Waals surface area contributed by atoms with E-state index in [0.29, 0.717) is 74.0 Å². The van der Waals surface area contributed by atoms with Gasteiger partial charge in [-0.15, -0.1) is 0 Å². The summed E-state index contributed by atoms with van der Waals surface area (Å²) >= 11 is 0. The Morgan fingerprint density at radius 2 is 1.74 bits per heavy atom. The number of pyridine rings is 1. The van der Waals surface area contributed by atoms with E-state index in [-0.39, 0.29) is 41.6 Å². The van der Waals surface area contributed by atoms with Gasteiger partial charge in [-0.05, 0) is 49.1 Å². The van der Waals surface area contributed by atoms with Crippen LogP contribution in [-0.4, -0.2) is 99.1 Å². The summed E-state index contributed by atoms with van der Waals surface area (Å²) in [6.07, 6.45) is 8.25. The third kappa shape index (κ3) is 7.88. The van der Waals surface area contributed by atoms with Gasteiger partial charge in [0.1, 0.15) is 11.9 Å². The Morgan fingerprint density at radius 1 is 0.912 bits per heavy atom. The monoisotopic (exact) mass is 775 g/mol. The molecule has 16 heteroatoms. The number of nitrogens with zero attached hydrogens (tertiary/aromatic N) is 4. The third-order valence-corrected chi connectivity index (χ3v) is 11.0. The summed E-state index contributed by atoms with van der Waals surface area (Å²) in [5.41, 5.74) is 10.4. The van der Waals surface area contributed by atoms with E-state index in [2.05, 4.69) is 48.7 Å². The minimum atomic E-state index is -1.02. The number of amides is 4. The van der Waals surface area contributed by atoms with Crippen LogP contribution in [-0.2, 0) is 32.0 Å². The van der Waals surface area contributed by atoms with Gasteiger partial charge in [-0.25, -0.2) is 9.97 Å². The second-order valence-electron chi connectivity index (χ2n) is 14.6. The summed E-state index contributed by atoms with van der Waals surface area (Å²) in [6.45, 7) is 2.55. The first kappa shape index (κ1) is 37.9. The maximum atomic E-state index is 13.3. The van der Waals surface area contributed by atoms with Crippen LogP contribution in [0, 0.1) is 0 Å². The number of hydrogen-bond acceptors (Lipinski definition) is 12. The second kappa shape index (κ2) is 16.6. The molecule has 16 nitrogen and oxygen atoms in total. The molecule has 3 aliphatic rings. The number of nitrogens with two attached hydrogens (primary N) is 1. The van der Waals surface area contributed by atoms with Crippen molar-refractivity contribution in [2.24, 2.45) is 5.73 Å². The Morgan fingerprint density at radius 3 is 2.58 bits per heavy atom. The number of rotatable bonds is 15. The van der Waals surface area contributed by atoms with Crippen LogP contribution in [0.15, 0.2) is 65.8 Å². The molecule has 8 rings (SSSR count). The molecule has 2 aromatic carbocycles. The van der Waals surface area contributed by atoms with Gasteiger partial charge in [-0.1, -0.05) is 31.0 Å². The van der Waals surface area contributed by atoms with E-state index in [0.717, 1.165) is 47.0 Å². The molecule has 296 valence electrons. The van der Waals surface area contributed by atoms with Gasteiger partial charge in [0.05, 0.1) is 60.5 Å². The lowest BCUT2D eigenvalue weighted by Crippen LogP contribution is -2.54. The van der Waals surface area contributed by atoms with Gasteiger partial charge in [0.2, 0.25) is 11.8 Å². The highest BCUT2D eigenvalue weighted by Crippen LogP contribution is 2.32. The largest absolute Gasteiger partial charge is 0.382 e. The molecule has 0 spiro atoms. The Balaban J connectivity index is 0.821. The molecule has 1 saturated heterocycles. The average Bonchev–Trinajstić information content (AvgIpc) is 3.73. The van der Waals surface area contributed by atoms with Crippen LogP contribution in [0.25, 0.3) is 21.8 Å². The molecule has 3 atom stereocenters. The summed E-state index contributed by atoms with van der Waals surface area (Å²) in [4.78, 5) is 76.4. The zero-order valence-corrected chi connectivity index (χ0v) is 31.4. The summed E-state index contributed by atoms with van der Waals surface area (Å²) in [6, 6.07) is 14.1. The van der Waals surface area contributed by atoms with E-state index in [9.17, 15) is 24.0 Å². The molecule has 1 aliphatic carbocycles. The number of carbonyl (C=O) groups is 4. The van der Waals surface area contributed by atoms with E-state index < -0.39 is 29.7 Å². The summed E-state index contributed by atoms with van der Waals surface area (Å²) < 4.78 is 13.8. The highest BCUT2D eigenvalue weighted by molar-refractivity contribution is 6.25. The Hall–Kier alpha value is -5.97. The fraction of sp³-hybridized carbons (Fsp3) is 0.390. The number of anilines is 2. The van der Waals surface area contributed by atoms with Crippen LogP contribution in [0.4, 0.5) is 11.5 Å². The third-order valence-electron chi connectivity index (χ3n) is 11.0. The molecule has 3 aromatic heterocycles. The first-order valence-corrected chi connectivity index (χ1v) is 19.5. The van der Waals surface area contributed by atoms with Gasteiger partial charge in [-0.2, -0.15) is 0 Å². The molecule has 6 N–H and O–H groups in total. The van der Waals surface area contributed by atoms with Gasteiger partial charge < -0.3 is 35.4 Å². The van der Waals surface area contributed by atoms with Crippen molar-refractivity contribution in [1.29, 1.82) is 0 Å². The SMILES string of the molecule is N[C@H]1CCCC[C@H]1Nc1cc2nc[nH]c(=O)c2c(Cc2cccc3c2ccn3CCOCCOCCNc2cccc3c2C(=O)N(C2CCC(=O)NC2=O)C3=O)n1. The Labute approximate surface area is 327 Å². The Bertz CT molecular complexity index is 2410. The maximum absolute atomic E-state index is 13.3. The van der Waals surface area contributed by atoms with Crippen LogP contribution in [0.1, 0.15) is 70.5 Å². The summed E-state index contributed by atoms with van der Waals surface area (Å²) in [5.74, 6) is -1.50. The van der Waals surface area contributed by atoms with E-state index in [4.69, 9.17) is 20.2 Å². The molecule has 4 amide bonds. The number of fused-ring (bicyclic) bond motifs is 3. The number of hydrogen-bond donors (Lipinski definition) is 5. The topological polar surface area (TPSA) is 216 Å². The van der Waals surface area contributed by atoms with Crippen molar-refractivity contribution in [2.75, 3.05) is 43.6 Å². The number of benzene rings is 2. The maximum Gasteiger partial charge on any atom is 0.264 e. The van der Waals surface area contributed by atoms with Crippen molar-refractivity contribution < 1.29 is 28.7 Å². The van der Waals surface area contributed by atoms with Crippen LogP contribution in [0.5, 0.6) is 0 Å². The van der Waals surface area contributed by atoms with Crippen molar-refractivity contribution >= 4 is 56.9 Å². The van der Waals surface area contributed by atoms with Crippen LogP contribution < -0.4 is 27.2 Å². The summed E-state index contributed by atoms with van der Waals surface area (Å²) in [7, 11) is 0. The minimum absolute atomic E-state index is 0.0497. The van der Waals surface area contributed by atoms with Gasteiger partial charge in [0.25, 0.3) is 17.4 Å². The Kier molecular flexibility index (Phi) is 11.1. The molecule has 0 bridgehead atoms. The van der Waals surface area contributed by atoms with Crippen LogP contribution in [0.2, 0.25) is 0 Å². The molecule has 57 heavy (non-hydrogen) atoms. The highest BCUT2D eigenvalue weighted by atomic mass is 16.5. The van der Waals surface area contributed by atoms with Gasteiger partial charge >= 0.3 is 0 Å². The van der Waals surface area contributed by atoms with Crippen molar-refractivity contribution in [3.05, 3.63) is 93.8 Å². The number of imide groups is 2. The quantitative estimate of drug-likeness (QED) is 0.0767. The number of aromatic amines is 1. The standard InChI is InChI=1S/C41H45N9O7/c42-27-7-1-2-8-28(27)46-34-22-30-37(39(53)45-23-44-30)31(47-34)21-24-5-3-10-32-25(24)13-15-49(32)16-18-57-20-19-56-17-14-43-29-9-4-6-26-36(29)41(55)50(40(26)54)33-11-12-35(51)48-38(33)52/h3-6,9-10,13,15,22-23,27-28,33,43H,1-2,7-8,11-12,14,16-21,42H2,(H,46,47)(H,44,45,53)(H,48,51,52)/t27-,28+,33?/m0/s1. The first-order chi connectivity index (χ1) is 27.8. The van der Waals surface area contributed by atoms with Crippen molar-refractivity contribution in [1.82, 2.24) is 29.7 Å². The molecular formula is C41H45N9O7. The van der Waals surface area contributed by atoms with Crippen LogP contribution in [0.3, 0.4) is 0 Å². The lowest BCUT2D eigenvalue weighted by Gasteiger charge is -2.29. The smallest absolute Gasteiger partial charge is 0.264 e. The van der Waals surface area contributed by atoms with E-state index in [1.54, 1.807) is 18.2 Å². The molecule has 2 fully saturated rings. The lowest BCUT2D eigenvalue weighted by molar-refractivity contribution is -0.136. The second-order valence-corrected chi connectivity index (χ2v) is 14.6. The number of H-pyrrole nitrogens is 1. The molecule has 5 heterocycles. The molecule has 2 aliphatic heterocycles. The lowest BCUT2D eigenvalue weighted by atomic mass is 9.91. The molecule has 5 aromatic rings. The zero-order chi connectivity index (χ0) is 39.5. The average molecular weight is 776 g/mol. The normalized spacial score (nSPS) is 19.7. The van der Waals surface area contributed by atoms with Crippen molar-refractivity contribution in [2.45, 2.75) is 69.6 Å². The van der Waals surface area contributed by atoms with E-state index in [1.165, 1.54) is 6.33 Å². The van der Waals surface area contributed by atoms with E-state index in [1.807, 2.05) is 18.3 Å². The highest BCUT2D eigenvalue weighted by Gasteiger charge is 2.45. The van der Waals surface area contributed by atoms with Crippen molar-refractivity contribution in [3.8, 4) is 0 Å². The number of aromatic nitrogens is 4. The zero-order valence-electron chi connectivity index (χ0n) is 31.4. The van der Waals surface area contributed by atoms with Gasteiger partial charge in [0.15, 0.2) is 0 Å². The predicted molar refractivity (Wildman–Crippen MR) is 212 cm³/mol. The number of nitrogens with one attached hydrogen (secondary N) is 4. The molecular weight excluding hydrogens is 731 g/mol. The number of carbonyl (C=O) groups excluding carboxylic acids is 4. The number of piperidine rings is 1. The van der Waals surface area contributed by atoms with Crippen molar-refractivity contribution in [3.63, 3.8) is 0 Å². The molecule has 1 saturated carbocycles. The first-order valence-electron chi connectivity index (χ1n) is 19.5. The molecule has 0 radical (unpaired) electrons. The fourth-order valence-corrected chi connectivity index (χ4v) is 8.12. The predicted octanol–water partition coefficient (Wildman–Crippen LogP) is 3.09.